The molecule has 1 aromatic carbocycles. The van der Waals surface area contributed by atoms with Gasteiger partial charge in [-0.25, -0.2) is 0 Å². The van der Waals surface area contributed by atoms with E-state index in [0.29, 0.717) is 6.61 Å². The second-order valence-electron chi connectivity index (χ2n) is 4.01. The van der Waals surface area contributed by atoms with Crippen molar-refractivity contribution < 1.29 is 9.47 Å². The summed E-state index contributed by atoms with van der Waals surface area (Å²) in [5, 5.41) is 0. The summed E-state index contributed by atoms with van der Waals surface area (Å²) in [5.41, 5.74) is 0. The zero-order valence-corrected chi connectivity index (χ0v) is 10.0. The lowest BCUT2D eigenvalue weighted by Crippen LogP contribution is -2.36. The summed E-state index contributed by atoms with van der Waals surface area (Å²) in [6.07, 6.45) is 4.23. The number of para-hydroxylation sites is 1. The quantitative estimate of drug-likeness (QED) is 0.726. The summed E-state index contributed by atoms with van der Waals surface area (Å²) < 4.78 is 10.9. The van der Waals surface area contributed by atoms with Gasteiger partial charge in [0.1, 0.15) is 12.4 Å². The zero-order valence-electron chi connectivity index (χ0n) is 10.0. The maximum atomic E-state index is 5.57. The van der Waals surface area contributed by atoms with Gasteiger partial charge in [0.25, 0.3) is 0 Å². The maximum Gasteiger partial charge on any atom is 0.119 e. The predicted octanol–water partition coefficient (Wildman–Crippen LogP) is 1.95. The van der Waals surface area contributed by atoms with Crippen LogP contribution in [0.1, 0.15) is 0 Å². The van der Waals surface area contributed by atoms with E-state index >= 15 is 0 Å². The predicted molar refractivity (Wildman–Crippen MR) is 68.3 cm³/mol. The van der Waals surface area contributed by atoms with Gasteiger partial charge >= 0.3 is 0 Å². The highest BCUT2D eigenvalue weighted by atomic mass is 16.5. The van der Waals surface area contributed by atoms with E-state index in [4.69, 9.17) is 9.47 Å². The monoisotopic (exact) mass is 233 g/mol. The number of benzene rings is 1. The van der Waals surface area contributed by atoms with Crippen LogP contribution in [-0.4, -0.2) is 44.4 Å². The minimum atomic E-state index is 0.633. The van der Waals surface area contributed by atoms with Crippen molar-refractivity contribution in [3.8, 4) is 5.75 Å². The molecule has 0 spiro atoms. The van der Waals surface area contributed by atoms with Crippen LogP contribution in [0.5, 0.6) is 5.75 Å². The Morgan fingerprint density at radius 3 is 2.65 bits per heavy atom. The van der Waals surface area contributed by atoms with Crippen LogP contribution >= 0.6 is 0 Å². The molecule has 1 aliphatic rings. The van der Waals surface area contributed by atoms with Crippen LogP contribution in [-0.2, 0) is 4.74 Å². The molecule has 0 radical (unpaired) electrons. The minimum absolute atomic E-state index is 0.633. The normalized spacial score (nSPS) is 17.4. The fourth-order valence-corrected chi connectivity index (χ4v) is 1.74. The molecule has 0 unspecified atom stereocenters. The Bertz CT molecular complexity index is 331. The third-order valence-corrected chi connectivity index (χ3v) is 2.72. The molecule has 3 heteroatoms. The summed E-state index contributed by atoms with van der Waals surface area (Å²) in [6.45, 7) is 5.40. The van der Waals surface area contributed by atoms with Crippen LogP contribution in [0.3, 0.4) is 0 Å². The molecule has 1 saturated heterocycles. The zero-order chi connectivity index (χ0) is 11.8. The first-order chi connectivity index (χ1) is 8.45. The van der Waals surface area contributed by atoms with Gasteiger partial charge in [0.2, 0.25) is 0 Å². The van der Waals surface area contributed by atoms with Crippen LogP contribution in [0.2, 0.25) is 0 Å². The largest absolute Gasteiger partial charge is 0.490 e. The minimum Gasteiger partial charge on any atom is -0.490 e. The van der Waals surface area contributed by atoms with Gasteiger partial charge in [-0.1, -0.05) is 30.4 Å². The molecule has 1 aromatic rings. The molecular formula is C14H19NO2. The Morgan fingerprint density at radius 1 is 1.12 bits per heavy atom. The number of hydrogen-bond donors (Lipinski definition) is 0. The topological polar surface area (TPSA) is 21.7 Å². The Kier molecular flexibility index (Phi) is 5.07. The van der Waals surface area contributed by atoms with E-state index in [-0.39, 0.29) is 0 Å². The maximum absolute atomic E-state index is 5.57. The lowest BCUT2D eigenvalue weighted by Gasteiger charge is -2.25. The average Bonchev–Trinajstić information content (AvgIpc) is 2.41. The van der Waals surface area contributed by atoms with Crippen LogP contribution in [0.15, 0.2) is 42.5 Å². The first-order valence-corrected chi connectivity index (χ1v) is 6.08. The SMILES string of the molecule is C(=C\CN1CCOCC1)/COc1ccccc1. The Morgan fingerprint density at radius 2 is 1.88 bits per heavy atom. The van der Waals surface area contributed by atoms with Gasteiger partial charge in [-0.2, -0.15) is 0 Å². The number of rotatable bonds is 5. The van der Waals surface area contributed by atoms with E-state index in [1.165, 1.54) is 0 Å². The van der Waals surface area contributed by atoms with Gasteiger partial charge in [0, 0.05) is 19.6 Å². The van der Waals surface area contributed by atoms with Crippen molar-refractivity contribution in [2.75, 3.05) is 39.5 Å². The molecule has 0 atom stereocenters. The molecule has 0 bridgehead atoms. The van der Waals surface area contributed by atoms with Gasteiger partial charge < -0.3 is 9.47 Å². The average molecular weight is 233 g/mol. The third-order valence-electron chi connectivity index (χ3n) is 2.72. The highest BCUT2D eigenvalue weighted by molar-refractivity contribution is 5.21. The molecule has 0 saturated carbocycles. The molecule has 0 N–H and O–H groups in total. The van der Waals surface area contributed by atoms with E-state index in [1.807, 2.05) is 30.3 Å². The van der Waals surface area contributed by atoms with Crippen LogP contribution < -0.4 is 4.74 Å². The summed E-state index contributed by atoms with van der Waals surface area (Å²) in [4.78, 5) is 2.38. The fourth-order valence-electron chi connectivity index (χ4n) is 1.74. The molecule has 17 heavy (non-hydrogen) atoms. The lowest BCUT2D eigenvalue weighted by molar-refractivity contribution is 0.0434. The molecule has 3 nitrogen and oxygen atoms in total. The highest BCUT2D eigenvalue weighted by Gasteiger charge is 2.07. The van der Waals surface area contributed by atoms with E-state index in [9.17, 15) is 0 Å². The molecule has 1 aliphatic heterocycles. The van der Waals surface area contributed by atoms with Crippen molar-refractivity contribution in [1.29, 1.82) is 0 Å². The number of nitrogens with zero attached hydrogens (tertiary/aromatic N) is 1. The summed E-state index contributed by atoms with van der Waals surface area (Å²) in [7, 11) is 0. The van der Waals surface area contributed by atoms with Crippen molar-refractivity contribution in [2.24, 2.45) is 0 Å². The third kappa shape index (κ3) is 4.59. The number of ether oxygens (including phenoxy) is 2. The van der Waals surface area contributed by atoms with Gasteiger partial charge in [0.15, 0.2) is 0 Å². The van der Waals surface area contributed by atoms with Gasteiger partial charge in [-0.3, -0.25) is 4.90 Å². The standard InChI is InChI=1S/C14H19NO2/c1-2-6-14(7-3-1)17-11-5-4-8-15-9-12-16-13-10-15/h1-7H,8-13H2/b5-4+. The van der Waals surface area contributed by atoms with Crippen molar-refractivity contribution >= 4 is 0 Å². The molecular weight excluding hydrogens is 214 g/mol. The smallest absolute Gasteiger partial charge is 0.119 e. The number of morpholine rings is 1. The fraction of sp³-hybridized carbons (Fsp3) is 0.429. The first kappa shape index (κ1) is 12.1. The molecule has 0 aromatic heterocycles. The molecule has 0 aliphatic carbocycles. The molecule has 92 valence electrons. The van der Waals surface area contributed by atoms with Gasteiger partial charge in [-0.15, -0.1) is 0 Å². The van der Waals surface area contributed by atoms with Crippen LogP contribution in [0.25, 0.3) is 0 Å². The Labute approximate surface area is 103 Å². The first-order valence-electron chi connectivity index (χ1n) is 6.08. The summed E-state index contributed by atoms with van der Waals surface area (Å²) >= 11 is 0. The Balaban J connectivity index is 1.61. The number of hydrogen-bond acceptors (Lipinski definition) is 3. The van der Waals surface area contributed by atoms with E-state index in [0.717, 1.165) is 38.6 Å². The second-order valence-corrected chi connectivity index (χ2v) is 4.01. The lowest BCUT2D eigenvalue weighted by atomic mass is 10.3. The van der Waals surface area contributed by atoms with Gasteiger partial charge in [0.05, 0.1) is 13.2 Å². The highest BCUT2D eigenvalue weighted by Crippen LogP contribution is 2.07. The second kappa shape index (κ2) is 7.09. The summed E-state index contributed by atoms with van der Waals surface area (Å²) in [5.74, 6) is 0.920. The van der Waals surface area contributed by atoms with Crippen molar-refractivity contribution in [2.45, 2.75) is 0 Å². The van der Waals surface area contributed by atoms with Crippen molar-refractivity contribution in [3.63, 3.8) is 0 Å². The van der Waals surface area contributed by atoms with Crippen molar-refractivity contribution in [1.82, 2.24) is 4.90 Å². The van der Waals surface area contributed by atoms with E-state index in [1.54, 1.807) is 0 Å². The Hall–Kier alpha value is -1.32. The van der Waals surface area contributed by atoms with E-state index in [2.05, 4.69) is 17.1 Å². The van der Waals surface area contributed by atoms with Crippen LogP contribution in [0.4, 0.5) is 0 Å². The van der Waals surface area contributed by atoms with Gasteiger partial charge in [-0.05, 0) is 12.1 Å². The van der Waals surface area contributed by atoms with Crippen molar-refractivity contribution in [3.05, 3.63) is 42.5 Å². The van der Waals surface area contributed by atoms with Crippen LogP contribution in [0, 0.1) is 0 Å². The molecule has 1 fully saturated rings. The molecule has 2 rings (SSSR count). The van der Waals surface area contributed by atoms with E-state index < -0.39 is 0 Å². The molecule has 1 heterocycles. The summed E-state index contributed by atoms with van der Waals surface area (Å²) in [6, 6.07) is 9.88. The molecule has 0 amide bonds.